The molecule has 0 aromatic carbocycles. The van der Waals surface area contributed by atoms with Crippen LogP contribution in [0.5, 0.6) is 0 Å². The summed E-state index contributed by atoms with van der Waals surface area (Å²) < 4.78 is 5.78. The Balaban J connectivity index is 1.51. The van der Waals surface area contributed by atoms with Crippen molar-refractivity contribution >= 4 is 17.2 Å². The minimum Gasteiger partial charge on any atom is -0.378 e. The number of ether oxygens (including phenoxy) is 1. The highest BCUT2D eigenvalue weighted by Gasteiger charge is 2.18. The first-order valence-corrected chi connectivity index (χ1v) is 7.73. The maximum atomic E-state index is 11.6. The number of nitrogens with two attached hydrogens (primary N) is 1. The molecule has 0 saturated heterocycles. The third kappa shape index (κ3) is 4.89. The minimum absolute atomic E-state index is 0.107. The average molecular weight is 283 g/mol. The van der Waals surface area contributed by atoms with Crippen molar-refractivity contribution in [1.29, 1.82) is 0 Å². The number of carbonyl (C=O) groups excluding carboxylic acids is 1. The molecule has 106 valence electrons. The summed E-state index contributed by atoms with van der Waals surface area (Å²) in [5, 5.41) is 4.58. The smallest absolute Gasteiger partial charge is 0.270 e. The molecule has 1 aromatic rings. The van der Waals surface area contributed by atoms with Gasteiger partial charge in [0.1, 0.15) is 5.69 Å². The molecular weight excluding hydrogens is 262 g/mol. The zero-order valence-electron chi connectivity index (χ0n) is 11.0. The molecule has 1 aliphatic rings. The average Bonchev–Trinajstić information content (AvgIpc) is 2.94. The van der Waals surface area contributed by atoms with E-state index in [1.54, 1.807) is 10.9 Å². The topological polar surface area (TPSA) is 77.2 Å². The summed E-state index contributed by atoms with van der Waals surface area (Å²) in [4.78, 5) is 15.5. The molecule has 6 heteroatoms. The van der Waals surface area contributed by atoms with Crippen LogP contribution in [0.15, 0.2) is 10.9 Å². The molecule has 0 atom stereocenters. The summed E-state index contributed by atoms with van der Waals surface area (Å²) in [6.07, 6.45) is 5.43. The van der Waals surface area contributed by atoms with Gasteiger partial charge in [0, 0.05) is 24.6 Å². The van der Waals surface area contributed by atoms with E-state index in [4.69, 9.17) is 10.5 Å². The number of carbonyl (C=O) groups is 1. The Kier molecular flexibility index (Phi) is 5.75. The highest BCUT2D eigenvalue weighted by molar-refractivity contribution is 7.07. The van der Waals surface area contributed by atoms with Crippen molar-refractivity contribution in [2.75, 3.05) is 13.2 Å². The van der Waals surface area contributed by atoms with Crippen molar-refractivity contribution in [2.24, 2.45) is 5.73 Å². The molecular formula is C13H21N3O2S. The number of aromatic nitrogens is 1. The summed E-state index contributed by atoms with van der Waals surface area (Å²) in [5.41, 5.74) is 8.00. The lowest BCUT2D eigenvalue weighted by Gasteiger charge is -2.26. The van der Waals surface area contributed by atoms with Gasteiger partial charge in [0.2, 0.25) is 0 Å². The second-order valence-electron chi connectivity index (χ2n) is 4.89. The lowest BCUT2D eigenvalue weighted by Crippen LogP contribution is -2.31. The molecule has 1 amide bonds. The van der Waals surface area contributed by atoms with E-state index >= 15 is 0 Å². The molecule has 5 nitrogen and oxygen atoms in total. The molecule has 1 aliphatic carbocycles. The Hall–Kier alpha value is -0.980. The monoisotopic (exact) mass is 283 g/mol. The zero-order valence-corrected chi connectivity index (χ0v) is 11.8. The molecule has 19 heavy (non-hydrogen) atoms. The van der Waals surface area contributed by atoms with E-state index in [0.29, 0.717) is 31.0 Å². The lowest BCUT2D eigenvalue weighted by atomic mass is 9.94. The fourth-order valence-electron chi connectivity index (χ4n) is 2.19. The van der Waals surface area contributed by atoms with E-state index in [1.807, 2.05) is 0 Å². The number of hydrogen-bond acceptors (Lipinski definition) is 5. The van der Waals surface area contributed by atoms with Crippen LogP contribution in [0.1, 0.15) is 42.6 Å². The molecule has 0 unspecified atom stereocenters. The van der Waals surface area contributed by atoms with Crippen molar-refractivity contribution in [2.45, 2.75) is 44.2 Å². The van der Waals surface area contributed by atoms with Crippen molar-refractivity contribution in [3.05, 3.63) is 16.6 Å². The number of nitrogens with one attached hydrogen (secondary N) is 1. The molecule has 1 fully saturated rings. The van der Waals surface area contributed by atoms with Crippen LogP contribution in [0.3, 0.4) is 0 Å². The van der Waals surface area contributed by atoms with Gasteiger partial charge >= 0.3 is 0 Å². The maximum absolute atomic E-state index is 11.6. The van der Waals surface area contributed by atoms with Gasteiger partial charge < -0.3 is 15.8 Å². The van der Waals surface area contributed by atoms with Crippen LogP contribution in [-0.2, 0) is 4.74 Å². The summed E-state index contributed by atoms with van der Waals surface area (Å²) in [6, 6.07) is 0.359. The van der Waals surface area contributed by atoms with E-state index in [0.717, 1.165) is 32.1 Å². The summed E-state index contributed by atoms with van der Waals surface area (Å²) >= 11 is 1.42. The molecule has 0 radical (unpaired) electrons. The van der Waals surface area contributed by atoms with Gasteiger partial charge in [-0.3, -0.25) is 4.79 Å². The Bertz CT molecular complexity index is 375. The van der Waals surface area contributed by atoms with E-state index in [2.05, 4.69) is 10.3 Å². The van der Waals surface area contributed by atoms with E-state index in [9.17, 15) is 4.79 Å². The van der Waals surface area contributed by atoms with Gasteiger partial charge in [0.15, 0.2) is 0 Å². The van der Waals surface area contributed by atoms with Crippen molar-refractivity contribution in [3.63, 3.8) is 0 Å². The predicted octanol–water partition coefficient (Wildman–Crippen LogP) is 1.55. The molecule has 0 bridgehead atoms. The number of nitrogens with zero attached hydrogens (tertiary/aromatic N) is 1. The Labute approximate surface area is 117 Å². The Morgan fingerprint density at radius 3 is 2.95 bits per heavy atom. The van der Waals surface area contributed by atoms with Gasteiger partial charge in [0.25, 0.3) is 5.91 Å². The standard InChI is InChI=1S/C13H21N3O2S/c14-10-2-4-11(5-3-10)18-7-1-6-15-13(17)12-8-19-9-16-12/h8-11H,1-7,14H2,(H,15,17). The van der Waals surface area contributed by atoms with Crippen LogP contribution in [0.4, 0.5) is 0 Å². The van der Waals surface area contributed by atoms with Crippen LogP contribution in [-0.4, -0.2) is 36.2 Å². The number of hydrogen-bond donors (Lipinski definition) is 2. The van der Waals surface area contributed by atoms with Crippen molar-refractivity contribution < 1.29 is 9.53 Å². The molecule has 1 heterocycles. The van der Waals surface area contributed by atoms with Gasteiger partial charge in [-0.15, -0.1) is 11.3 Å². The molecule has 3 N–H and O–H groups in total. The zero-order chi connectivity index (χ0) is 13.5. The summed E-state index contributed by atoms with van der Waals surface area (Å²) in [7, 11) is 0. The second kappa shape index (κ2) is 7.57. The second-order valence-corrected chi connectivity index (χ2v) is 5.61. The van der Waals surface area contributed by atoms with Gasteiger partial charge in [-0.25, -0.2) is 4.98 Å². The summed E-state index contributed by atoms with van der Waals surface area (Å²) in [5.74, 6) is -0.107. The van der Waals surface area contributed by atoms with Gasteiger partial charge in [0.05, 0.1) is 11.6 Å². The quantitative estimate of drug-likeness (QED) is 0.777. The van der Waals surface area contributed by atoms with Crippen LogP contribution >= 0.6 is 11.3 Å². The molecule has 0 aliphatic heterocycles. The van der Waals surface area contributed by atoms with Gasteiger partial charge in [-0.05, 0) is 32.1 Å². The van der Waals surface area contributed by atoms with Crippen molar-refractivity contribution in [3.8, 4) is 0 Å². The molecule has 1 saturated carbocycles. The molecule has 0 spiro atoms. The number of rotatable bonds is 6. The normalized spacial score (nSPS) is 23.2. The minimum atomic E-state index is -0.107. The van der Waals surface area contributed by atoms with Crippen LogP contribution in [0.2, 0.25) is 0 Å². The fourth-order valence-corrected chi connectivity index (χ4v) is 2.73. The van der Waals surface area contributed by atoms with E-state index < -0.39 is 0 Å². The molecule has 1 aromatic heterocycles. The number of amides is 1. The van der Waals surface area contributed by atoms with Crippen LogP contribution in [0.25, 0.3) is 0 Å². The van der Waals surface area contributed by atoms with Crippen molar-refractivity contribution in [1.82, 2.24) is 10.3 Å². The first kappa shape index (κ1) is 14.4. The fraction of sp³-hybridized carbons (Fsp3) is 0.692. The van der Waals surface area contributed by atoms with Crippen LogP contribution < -0.4 is 11.1 Å². The largest absolute Gasteiger partial charge is 0.378 e. The number of thiazole rings is 1. The third-order valence-electron chi connectivity index (χ3n) is 3.34. The Morgan fingerprint density at radius 1 is 1.47 bits per heavy atom. The summed E-state index contributed by atoms with van der Waals surface area (Å²) in [6.45, 7) is 1.32. The van der Waals surface area contributed by atoms with Gasteiger partial charge in [-0.2, -0.15) is 0 Å². The highest BCUT2D eigenvalue weighted by atomic mass is 32.1. The third-order valence-corrected chi connectivity index (χ3v) is 3.93. The molecule has 2 rings (SSSR count). The Morgan fingerprint density at radius 2 is 2.26 bits per heavy atom. The van der Waals surface area contributed by atoms with E-state index in [-0.39, 0.29) is 5.91 Å². The van der Waals surface area contributed by atoms with E-state index in [1.165, 1.54) is 11.3 Å². The highest BCUT2D eigenvalue weighted by Crippen LogP contribution is 2.19. The first-order chi connectivity index (χ1) is 9.25. The van der Waals surface area contributed by atoms with Gasteiger partial charge in [-0.1, -0.05) is 0 Å². The predicted molar refractivity (Wildman–Crippen MR) is 75.2 cm³/mol. The lowest BCUT2D eigenvalue weighted by molar-refractivity contribution is 0.0241. The maximum Gasteiger partial charge on any atom is 0.270 e. The SMILES string of the molecule is NC1CCC(OCCCNC(=O)c2cscn2)CC1. The van der Waals surface area contributed by atoms with Crippen LogP contribution in [0, 0.1) is 0 Å². The first-order valence-electron chi connectivity index (χ1n) is 6.79.